The summed E-state index contributed by atoms with van der Waals surface area (Å²) in [6, 6.07) is 6.24. The molecule has 0 aliphatic heterocycles. The minimum absolute atomic E-state index is 0.120. The zero-order valence-corrected chi connectivity index (χ0v) is 8.50. The number of rotatable bonds is 3. The zero-order chi connectivity index (χ0) is 9.84. The Morgan fingerprint density at radius 3 is 2.69 bits per heavy atom. The van der Waals surface area contributed by atoms with Crippen LogP contribution in [0.15, 0.2) is 18.2 Å². The predicted molar refractivity (Wildman–Crippen MR) is 55.0 cm³/mol. The topological polar surface area (TPSA) is 35.2 Å². The van der Waals surface area contributed by atoms with Gasteiger partial charge in [0.2, 0.25) is 0 Å². The van der Waals surface area contributed by atoms with Crippen molar-refractivity contribution in [2.45, 2.75) is 26.3 Å². The maximum Gasteiger partial charge on any atom is 0.122 e. The average Bonchev–Trinajstić information content (AvgIpc) is 2.17. The fourth-order valence-corrected chi connectivity index (χ4v) is 1.30. The van der Waals surface area contributed by atoms with Gasteiger partial charge in [0.25, 0.3) is 0 Å². The Labute approximate surface area is 79.7 Å². The van der Waals surface area contributed by atoms with Gasteiger partial charge in [-0.1, -0.05) is 19.1 Å². The number of ether oxygens (including phenoxy) is 1. The summed E-state index contributed by atoms with van der Waals surface area (Å²) < 4.78 is 5.22. The van der Waals surface area contributed by atoms with Crippen molar-refractivity contribution in [1.82, 2.24) is 0 Å². The lowest BCUT2D eigenvalue weighted by atomic mass is 10.0. The Morgan fingerprint density at radius 1 is 1.46 bits per heavy atom. The monoisotopic (exact) mass is 179 g/mol. The van der Waals surface area contributed by atoms with Gasteiger partial charge >= 0.3 is 0 Å². The van der Waals surface area contributed by atoms with E-state index in [1.54, 1.807) is 7.11 Å². The molecule has 0 bridgehead atoms. The molecule has 0 aromatic heterocycles. The molecular weight excluding hydrogens is 162 g/mol. The molecule has 0 heterocycles. The second-order valence-electron chi connectivity index (χ2n) is 3.24. The molecule has 0 spiro atoms. The Hall–Kier alpha value is -1.02. The molecular formula is C11H17NO. The summed E-state index contributed by atoms with van der Waals surface area (Å²) in [6.07, 6.45) is 0.951. The molecule has 13 heavy (non-hydrogen) atoms. The van der Waals surface area contributed by atoms with Crippen LogP contribution < -0.4 is 10.5 Å². The minimum Gasteiger partial charge on any atom is -0.496 e. The van der Waals surface area contributed by atoms with Crippen LogP contribution in [0.4, 0.5) is 0 Å². The molecule has 2 heteroatoms. The standard InChI is InChI=1S/C11H17NO/c1-4-10(12)9-6-5-8(2)11(7-9)13-3/h5-7,10H,4,12H2,1-3H3. The van der Waals surface area contributed by atoms with E-state index in [0.717, 1.165) is 23.3 Å². The number of nitrogens with two attached hydrogens (primary N) is 1. The number of aryl methyl sites for hydroxylation is 1. The fraction of sp³-hybridized carbons (Fsp3) is 0.455. The molecule has 0 aliphatic carbocycles. The molecule has 0 amide bonds. The lowest BCUT2D eigenvalue weighted by Gasteiger charge is -2.12. The van der Waals surface area contributed by atoms with Crippen LogP contribution in [0.2, 0.25) is 0 Å². The van der Waals surface area contributed by atoms with Crippen LogP contribution in [0, 0.1) is 6.92 Å². The molecule has 1 rings (SSSR count). The largest absolute Gasteiger partial charge is 0.496 e. The number of hydrogen-bond acceptors (Lipinski definition) is 2. The van der Waals surface area contributed by atoms with Crippen LogP contribution in [0.1, 0.15) is 30.5 Å². The van der Waals surface area contributed by atoms with E-state index in [-0.39, 0.29) is 6.04 Å². The summed E-state index contributed by atoms with van der Waals surface area (Å²) in [7, 11) is 1.68. The third kappa shape index (κ3) is 2.22. The Kier molecular flexibility index (Phi) is 3.32. The normalized spacial score (nSPS) is 12.6. The van der Waals surface area contributed by atoms with Gasteiger partial charge < -0.3 is 10.5 Å². The molecule has 0 saturated carbocycles. The fourth-order valence-electron chi connectivity index (χ4n) is 1.30. The summed E-state index contributed by atoms with van der Waals surface area (Å²) in [5.41, 5.74) is 8.20. The van der Waals surface area contributed by atoms with E-state index in [2.05, 4.69) is 13.0 Å². The van der Waals surface area contributed by atoms with E-state index in [0.29, 0.717) is 0 Å². The van der Waals surface area contributed by atoms with Crippen molar-refractivity contribution in [3.63, 3.8) is 0 Å². The van der Waals surface area contributed by atoms with Gasteiger partial charge in [0, 0.05) is 6.04 Å². The molecule has 1 unspecified atom stereocenters. The second kappa shape index (κ2) is 4.28. The Balaban J connectivity index is 2.99. The van der Waals surface area contributed by atoms with Gasteiger partial charge in [0.05, 0.1) is 7.11 Å². The molecule has 0 aliphatic rings. The smallest absolute Gasteiger partial charge is 0.122 e. The first-order valence-electron chi connectivity index (χ1n) is 4.59. The van der Waals surface area contributed by atoms with Crippen LogP contribution in [0.25, 0.3) is 0 Å². The summed E-state index contributed by atoms with van der Waals surface area (Å²) >= 11 is 0. The predicted octanol–water partition coefficient (Wildman–Crippen LogP) is 2.41. The first-order valence-corrected chi connectivity index (χ1v) is 4.59. The van der Waals surface area contributed by atoms with Gasteiger partial charge in [0.1, 0.15) is 5.75 Å². The molecule has 0 fully saturated rings. The number of methoxy groups -OCH3 is 1. The van der Waals surface area contributed by atoms with Crippen LogP contribution in [-0.2, 0) is 0 Å². The van der Waals surface area contributed by atoms with Crippen molar-refractivity contribution in [3.8, 4) is 5.75 Å². The van der Waals surface area contributed by atoms with Crippen molar-refractivity contribution < 1.29 is 4.74 Å². The molecule has 1 aromatic carbocycles. The zero-order valence-electron chi connectivity index (χ0n) is 8.50. The third-order valence-electron chi connectivity index (χ3n) is 2.30. The van der Waals surface area contributed by atoms with Gasteiger partial charge in [-0.25, -0.2) is 0 Å². The molecule has 72 valence electrons. The van der Waals surface area contributed by atoms with Crippen molar-refractivity contribution in [2.24, 2.45) is 5.73 Å². The van der Waals surface area contributed by atoms with Crippen molar-refractivity contribution in [1.29, 1.82) is 0 Å². The first-order chi connectivity index (χ1) is 6.19. The summed E-state index contributed by atoms with van der Waals surface area (Å²) in [5, 5.41) is 0. The van der Waals surface area contributed by atoms with E-state index in [1.807, 2.05) is 19.1 Å². The van der Waals surface area contributed by atoms with Gasteiger partial charge in [-0.15, -0.1) is 0 Å². The molecule has 2 N–H and O–H groups in total. The summed E-state index contributed by atoms with van der Waals surface area (Å²) in [4.78, 5) is 0. The maximum absolute atomic E-state index is 5.91. The number of benzene rings is 1. The highest BCUT2D eigenvalue weighted by Gasteiger charge is 2.05. The lowest BCUT2D eigenvalue weighted by molar-refractivity contribution is 0.410. The van der Waals surface area contributed by atoms with E-state index in [1.165, 1.54) is 0 Å². The second-order valence-corrected chi connectivity index (χ2v) is 3.24. The lowest BCUT2D eigenvalue weighted by Crippen LogP contribution is -2.08. The maximum atomic E-state index is 5.91. The van der Waals surface area contributed by atoms with Crippen LogP contribution in [-0.4, -0.2) is 7.11 Å². The van der Waals surface area contributed by atoms with E-state index in [9.17, 15) is 0 Å². The van der Waals surface area contributed by atoms with Gasteiger partial charge in [-0.05, 0) is 30.5 Å². The average molecular weight is 179 g/mol. The van der Waals surface area contributed by atoms with E-state index < -0.39 is 0 Å². The van der Waals surface area contributed by atoms with Gasteiger partial charge in [-0.3, -0.25) is 0 Å². The Morgan fingerprint density at radius 2 is 2.15 bits per heavy atom. The van der Waals surface area contributed by atoms with Crippen molar-refractivity contribution in [2.75, 3.05) is 7.11 Å². The van der Waals surface area contributed by atoms with Crippen LogP contribution in [0.3, 0.4) is 0 Å². The highest BCUT2D eigenvalue weighted by molar-refractivity contribution is 5.37. The first kappa shape index (κ1) is 10.1. The minimum atomic E-state index is 0.120. The van der Waals surface area contributed by atoms with Gasteiger partial charge in [-0.2, -0.15) is 0 Å². The van der Waals surface area contributed by atoms with Gasteiger partial charge in [0.15, 0.2) is 0 Å². The van der Waals surface area contributed by atoms with Crippen molar-refractivity contribution >= 4 is 0 Å². The molecule has 2 nitrogen and oxygen atoms in total. The SMILES string of the molecule is CCC(N)c1ccc(C)c(OC)c1. The third-order valence-corrected chi connectivity index (χ3v) is 2.30. The molecule has 0 radical (unpaired) electrons. The van der Waals surface area contributed by atoms with E-state index >= 15 is 0 Å². The quantitative estimate of drug-likeness (QED) is 0.773. The molecule has 1 aromatic rings. The van der Waals surface area contributed by atoms with Crippen LogP contribution >= 0.6 is 0 Å². The molecule has 0 saturated heterocycles. The number of hydrogen-bond donors (Lipinski definition) is 1. The molecule has 1 atom stereocenters. The van der Waals surface area contributed by atoms with Crippen LogP contribution in [0.5, 0.6) is 5.75 Å². The summed E-state index contributed by atoms with van der Waals surface area (Å²) in [6.45, 7) is 4.11. The van der Waals surface area contributed by atoms with Crippen molar-refractivity contribution in [3.05, 3.63) is 29.3 Å². The highest BCUT2D eigenvalue weighted by atomic mass is 16.5. The van der Waals surface area contributed by atoms with E-state index in [4.69, 9.17) is 10.5 Å². The highest BCUT2D eigenvalue weighted by Crippen LogP contribution is 2.23. The summed E-state index contributed by atoms with van der Waals surface area (Å²) in [5.74, 6) is 0.918. The Bertz CT molecular complexity index is 283.